The molecule has 1 aliphatic rings. The van der Waals surface area contributed by atoms with Crippen molar-refractivity contribution in [2.45, 2.75) is 32.7 Å². The molecule has 0 saturated carbocycles. The predicted molar refractivity (Wildman–Crippen MR) is 78.5 cm³/mol. The van der Waals surface area contributed by atoms with Crippen LogP contribution in [0.2, 0.25) is 0 Å². The average Bonchev–Trinajstić information content (AvgIpc) is 2.42. The van der Waals surface area contributed by atoms with Crippen molar-refractivity contribution in [2.24, 2.45) is 0 Å². The summed E-state index contributed by atoms with van der Waals surface area (Å²) in [5, 5.41) is 6.38. The fourth-order valence-electron chi connectivity index (χ4n) is 2.46. The summed E-state index contributed by atoms with van der Waals surface area (Å²) < 4.78 is 0. The van der Waals surface area contributed by atoms with Crippen molar-refractivity contribution < 1.29 is 4.79 Å². The van der Waals surface area contributed by atoms with E-state index >= 15 is 0 Å². The van der Waals surface area contributed by atoms with Gasteiger partial charge in [-0.25, -0.2) is 4.79 Å². The van der Waals surface area contributed by atoms with Gasteiger partial charge in [-0.15, -0.1) is 0 Å². The molecular formula is C15H23N3O. The Labute approximate surface area is 115 Å². The van der Waals surface area contributed by atoms with E-state index in [4.69, 9.17) is 0 Å². The molecule has 4 nitrogen and oxygen atoms in total. The molecule has 0 radical (unpaired) electrons. The van der Waals surface area contributed by atoms with Gasteiger partial charge in [0.25, 0.3) is 0 Å². The minimum absolute atomic E-state index is 0.00598. The van der Waals surface area contributed by atoms with Gasteiger partial charge in [-0.1, -0.05) is 24.6 Å². The summed E-state index contributed by atoms with van der Waals surface area (Å²) in [7, 11) is 0. The number of amides is 2. The third kappa shape index (κ3) is 3.96. The van der Waals surface area contributed by atoms with Crippen molar-refractivity contribution >= 4 is 11.7 Å². The first-order valence-electron chi connectivity index (χ1n) is 7.05. The van der Waals surface area contributed by atoms with Gasteiger partial charge >= 0.3 is 6.03 Å². The first-order chi connectivity index (χ1) is 9.19. The van der Waals surface area contributed by atoms with Crippen LogP contribution in [0.3, 0.4) is 0 Å². The molecule has 1 aromatic carbocycles. The summed E-state index contributed by atoms with van der Waals surface area (Å²) in [5.41, 5.74) is 2.06. The molecule has 2 amide bonds. The zero-order chi connectivity index (χ0) is 13.7. The average molecular weight is 261 g/mol. The number of anilines is 1. The molecule has 19 heavy (non-hydrogen) atoms. The number of piperidine rings is 1. The van der Waals surface area contributed by atoms with Crippen molar-refractivity contribution in [1.82, 2.24) is 10.2 Å². The van der Waals surface area contributed by atoms with Gasteiger partial charge in [0.05, 0.1) is 0 Å². The molecule has 1 atom stereocenters. The van der Waals surface area contributed by atoms with Gasteiger partial charge < -0.3 is 15.5 Å². The lowest BCUT2D eigenvalue weighted by Crippen LogP contribution is -2.49. The fourth-order valence-corrected chi connectivity index (χ4v) is 2.46. The number of aryl methyl sites for hydroxylation is 1. The van der Waals surface area contributed by atoms with Crippen LogP contribution in [0.15, 0.2) is 24.3 Å². The van der Waals surface area contributed by atoms with Gasteiger partial charge in [-0.3, -0.25) is 0 Å². The molecular weight excluding hydrogens is 238 g/mol. The van der Waals surface area contributed by atoms with E-state index in [1.165, 1.54) is 5.56 Å². The summed E-state index contributed by atoms with van der Waals surface area (Å²) in [6, 6.07) is 8.34. The standard InChI is InChI=1S/C15H23N3O/c1-3-16-14-5-4-10-18(11-14)15(19)17-13-8-6-12(2)7-9-13/h6-9,14,16H,3-5,10-11H2,1-2H3,(H,17,19). The zero-order valence-electron chi connectivity index (χ0n) is 11.8. The van der Waals surface area contributed by atoms with E-state index in [0.717, 1.165) is 38.2 Å². The lowest BCUT2D eigenvalue weighted by molar-refractivity contribution is 0.186. The number of likely N-dealkylation sites (N-methyl/N-ethyl adjacent to an activating group) is 1. The summed E-state index contributed by atoms with van der Waals surface area (Å²) >= 11 is 0. The smallest absolute Gasteiger partial charge is 0.321 e. The van der Waals surface area contributed by atoms with E-state index in [1.54, 1.807) is 0 Å². The van der Waals surface area contributed by atoms with Gasteiger partial charge in [0.1, 0.15) is 0 Å². The Morgan fingerprint density at radius 3 is 2.79 bits per heavy atom. The Balaban J connectivity index is 1.90. The van der Waals surface area contributed by atoms with E-state index in [1.807, 2.05) is 36.1 Å². The third-order valence-corrected chi connectivity index (χ3v) is 3.50. The van der Waals surface area contributed by atoms with Crippen LogP contribution in [0, 0.1) is 6.92 Å². The summed E-state index contributed by atoms with van der Waals surface area (Å²) in [6.07, 6.45) is 2.22. The minimum atomic E-state index is 0.00598. The molecule has 1 saturated heterocycles. The Morgan fingerprint density at radius 2 is 2.11 bits per heavy atom. The van der Waals surface area contributed by atoms with Crippen molar-refractivity contribution in [3.8, 4) is 0 Å². The third-order valence-electron chi connectivity index (χ3n) is 3.50. The van der Waals surface area contributed by atoms with Crippen LogP contribution in [0.25, 0.3) is 0 Å². The molecule has 0 spiro atoms. The van der Waals surface area contributed by atoms with Gasteiger partial charge in [0.2, 0.25) is 0 Å². The number of nitrogens with one attached hydrogen (secondary N) is 2. The van der Waals surface area contributed by atoms with Crippen molar-refractivity contribution in [3.63, 3.8) is 0 Å². The highest BCUT2D eigenvalue weighted by Crippen LogP contribution is 2.13. The molecule has 0 aliphatic carbocycles. The molecule has 1 fully saturated rings. The van der Waals surface area contributed by atoms with Crippen molar-refractivity contribution in [1.29, 1.82) is 0 Å². The van der Waals surface area contributed by atoms with Gasteiger partial charge in [0, 0.05) is 24.8 Å². The largest absolute Gasteiger partial charge is 0.323 e. The van der Waals surface area contributed by atoms with Crippen molar-refractivity contribution in [3.05, 3.63) is 29.8 Å². The number of hydrogen-bond donors (Lipinski definition) is 2. The SMILES string of the molecule is CCNC1CCCN(C(=O)Nc2ccc(C)cc2)C1. The Bertz CT molecular complexity index is 414. The summed E-state index contributed by atoms with van der Waals surface area (Å²) in [5.74, 6) is 0. The second-order valence-electron chi connectivity index (χ2n) is 5.14. The molecule has 0 bridgehead atoms. The molecule has 2 N–H and O–H groups in total. The molecule has 1 aromatic rings. The van der Waals surface area contributed by atoms with Crippen LogP contribution in [0.4, 0.5) is 10.5 Å². The van der Waals surface area contributed by atoms with Crippen LogP contribution < -0.4 is 10.6 Å². The van der Waals surface area contributed by atoms with E-state index in [2.05, 4.69) is 17.6 Å². The van der Waals surface area contributed by atoms with E-state index in [9.17, 15) is 4.79 Å². The highest BCUT2D eigenvalue weighted by Gasteiger charge is 2.22. The first-order valence-corrected chi connectivity index (χ1v) is 7.05. The minimum Gasteiger partial charge on any atom is -0.323 e. The maximum atomic E-state index is 12.2. The molecule has 1 heterocycles. The number of urea groups is 1. The summed E-state index contributed by atoms with van der Waals surface area (Å²) in [4.78, 5) is 14.1. The number of rotatable bonds is 3. The molecule has 2 rings (SSSR count). The van der Waals surface area contributed by atoms with Crippen LogP contribution in [0.5, 0.6) is 0 Å². The van der Waals surface area contributed by atoms with Gasteiger partial charge in [0.15, 0.2) is 0 Å². The Kier molecular flexibility index (Phi) is 4.80. The monoisotopic (exact) mass is 261 g/mol. The second kappa shape index (κ2) is 6.57. The highest BCUT2D eigenvalue weighted by atomic mass is 16.2. The number of carbonyl (C=O) groups excluding carboxylic acids is 1. The van der Waals surface area contributed by atoms with Gasteiger partial charge in [-0.05, 0) is 38.4 Å². The van der Waals surface area contributed by atoms with E-state index in [0.29, 0.717) is 6.04 Å². The molecule has 1 aliphatic heterocycles. The predicted octanol–water partition coefficient (Wildman–Crippen LogP) is 2.60. The topological polar surface area (TPSA) is 44.4 Å². The van der Waals surface area contributed by atoms with Crippen molar-refractivity contribution in [2.75, 3.05) is 25.0 Å². The fraction of sp³-hybridized carbons (Fsp3) is 0.533. The number of likely N-dealkylation sites (tertiary alicyclic amines) is 1. The molecule has 1 unspecified atom stereocenters. The number of nitrogens with zero attached hydrogens (tertiary/aromatic N) is 1. The maximum absolute atomic E-state index is 12.2. The Morgan fingerprint density at radius 1 is 1.37 bits per heavy atom. The number of hydrogen-bond acceptors (Lipinski definition) is 2. The maximum Gasteiger partial charge on any atom is 0.321 e. The zero-order valence-corrected chi connectivity index (χ0v) is 11.8. The Hall–Kier alpha value is -1.55. The summed E-state index contributed by atoms with van der Waals surface area (Å²) in [6.45, 7) is 6.74. The molecule has 4 heteroatoms. The van der Waals surface area contributed by atoms with Gasteiger partial charge in [-0.2, -0.15) is 0 Å². The molecule has 104 valence electrons. The van der Waals surface area contributed by atoms with Crippen LogP contribution >= 0.6 is 0 Å². The van der Waals surface area contributed by atoms with Crippen LogP contribution in [-0.4, -0.2) is 36.6 Å². The molecule has 0 aromatic heterocycles. The number of carbonyl (C=O) groups is 1. The van der Waals surface area contributed by atoms with E-state index < -0.39 is 0 Å². The second-order valence-corrected chi connectivity index (χ2v) is 5.14. The highest BCUT2D eigenvalue weighted by molar-refractivity contribution is 5.89. The van der Waals surface area contributed by atoms with Crippen LogP contribution in [-0.2, 0) is 0 Å². The first kappa shape index (κ1) is 13.9. The normalized spacial score (nSPS) is 19.3. The van der Waals surface area contributed by atoms with E-state index in [-0.39, 0.29) is 6.03 Å². The van der Waals surface area contributed by atoms with Crippen LogP contribution in [0.1, 0.15) is 25.3 Å². The lowest BCUT2D eigenvalue weighted by Gasteiger charge is -2.33. The number of benzene rings is 1. The lowest BCUT2D eigenvalue weighted by atomic mass is 10.1. The quantitative estimate of drug-likeness (QED) is 0.878.